The number of ether oxygens (including phenoxy) is 1. The first-order valence-corrected chi connectivity index (χ1v) is 7.62. The lowest BCUT2D eigenvalue weighted by atomic mass is 10.1. The van der Waals surface area contributed by atoms with Crippen molar-refractivity contribution in [2.75, 3.05) is 13.4 Å². The van der Waals surface area contributed by atoms with Gasteiger partial charge in [0.25, 0.3) is 0 Å². The Morgan fingerprint density at radius 3 is 2.55 bits per heavy atom. The second-order valence-corrected chi connectivity index (χ2v) is 5.25. The summed E-state index contributed by atoms with van der Waals surface area (Å²) in [6.45, 7) is 0. The highest BCUT2D eigenvalue weighted by Gasteiger charge is 2.01. The van der Waals surface area contributed by atoms with Crippen LogP contribution in [0, 0.1) is 0 Å². The van der Waals surface area contributed by atoms with Crippen LogP contribution in [-0.2, 0) is 6.42 Å². The van der Waals surface area contributed by atoms with Crippen molar-refractivity contribution >= 4 is 17.8 Å². The third-order valence-corrected chi connectivity index (χ3v) is 3.79. The highest BCUT2D eigenvalue weighted by molar-refractivity contribution is 7.98. The summed E-state index contributed by atoms with van der Waals surface area (Å²) < 4.78 is 5.16. The van der Waals surface area contributed by atoms with Crippen molar-refractivity contribution in [3.05, 3.63) is 59.7 Å². The highest BCUT2D eigenvalue weighted by Crippen LogP contribution is 2.23. The van der Waals surface area contributed by atoms with Crippen LogP contribution in [0.1, 0.15) is 11.1 Å². The van der Waals surface area contributed by atoms with Gasteiger partial charge < -0.3 is 9.84 Å². The first kappa shape index (κ1) is 14.5. The number of benzene rings is 2. The van der Waals surface area contributed by atoms with Crippen LogP contribution in [-0.4, -0.2) is 18.5 Å². The number of aromatic hydroxyl groups is 1. The standard InChI is InChI=1S/C17H18O2S/c1-19-15-8-11-17(18)14(12-15)5-3-4-13-6-9-16(20-2)10-7-13/h3-4,6-12,18H,5H2,1-2H3/b4-3+. The topological polar surface area (TPSA) is 29.5 Å². The fraction of sp³-hybridized carbons (Fsp3) is 0.176. The van der Waals surface area contributed by atoms with Gasteiger partial charge in [-0.05, 0) is 48.6 Å². The maximum Gasteiger partial charge on any atom is 0.119 e. The van der Waals surface area contributed by atoms with Crippen molar-refractivity contribution in [1.29, 1.82) is 0 Å². The van der Waals surface area contributed by atoms with E-state index in [4.69, 9.17) is 4.74 Å². The second-order valence-electron chi connectivity index (χ2n) is 4.37. The van der Waals surface area contributed by atoms with Gasteiger partial charge in [-0.2, -0.15) is 0 Å². The summed E-state index contributed by atoms with van der Waals surface area (Å²) in [5.41, 5.74) is 2.02. The number of hydrogen-bond acceptors (Lipinski definition) is 3. The van der Waals surface area contributed by atoms with Crippen LogP contribution in [0.4, 0.5) is 0 Å². The van der Waals surface area contributed by atoms with E-state index < -0.39 is 0 Å². The van der Waals surface area contributed by atoms with Gasteiger partial charge in [0, 0.05) is 10.5 Å². The van der Waals surface area contributed by atoms with E-state index in [2.05, 4.69) is 36.6 Å². The Bertz CT molecular complexity index is 588. The summed E-state index contributed by atoms with van der Waals surface area (Å²) in [6, 6.07) is 13.7. The van der Waals surface area contributed by atoms with Crippen molar-refractivity contribution < 1.29 is 9.84 Å². The van der Waals surface area contributed by atoms with Gasteiger partial charge in [-0.25, -0.2) is 0 Å². The Morgan fingerprint density at radius 1 is 1.15 bits per heavy atom. The molecule has 0 atom stereocenters. The molecule has 104 valence electrons. The average molecular weight is 286 g/mol. The molecule has 0 saturated carbocycles. The number of allylic oxidation sites excluding steroid dienone is 1. The van der Waals surface area contributed by atoms with E-state index >= 15 is 0 Å². The highest BCUT2D eigenvalue weighted by atomic mass is 32.2. The molecule has 20 heavy (non-hydrogen) atoms. The zero-order valence-electron chi connectivity index (χ0n) is 11.7. The Balaban J connectivity index is 2.05. The molecule has 0 amide bonds. The fourth-order valence-corrected chi connectivity index (χ4v) is 2.30. The quantitative estimate of drug-likeness (QED) is 0.827. The van der Waals surface area contributed by atoms with E-state index in [-0.39, 0.29) is 0 Å². The Morgan fingerprint density at radius 2 is 1.90 bits per heavy atom. The molecule has 3 heteroatoms. The minimum absolute atomic E-state index is 0.299. The molecule has 0 aliphatic rings. The Labute approximate surface area is 124 Å². The van der Waals surface area contributed by atoms with Gasteiger partial charge >= 0.3 is 0 Å². The third kappa shape index (κ3) is 3.81. The van der Waals surface area contributed by atoms with Crippen LogP contribution in [0.2, 0.25) is 0 Å². The van der Waals surface area contributed by atoms with Crippen molar-refractivity contribution in [2.24, 2.45) is 0 Å². The molecule has 0 fully saturated rings. The Hall–Kier alpha value is -1.87. The van der Waals surface area contributed by atoms with E-state index in [0.29, 0.717) is 12.2 Å². The first-order chi connectivity index (χ1) is 9.72. The van der Waals surface area contributed by atoms with E-state index in [1.54, 1.807) is 31.0 Å². The van der Waals surface area contributed by atoms with Crippen LogP contribution < -0.4 is 4.74 Å². The molecule has 0 heterocycles. The molecule has 0 aliphatic heterocycles. The van der Waals surface area contributed by atoms with Gasteiger partial charge in [-0.15, -0.1) is 11.8 Å². The monoisotopic (exact) mass is 286 g/mol. The third-order valence-electron chi connectivity index (χ3n) is 3.05. The number of hydrogen-bond donors (Lipinski definition) is 1. The van der Waals surface area contributed by atoms with Gasteiger partial charge in [0.1, 0.15) is 11.5 Å². The van der Waals surface area contributed by atoms with Crippen molar-refractivity contribution in [3.63, 3.8) is 0 Å². The first-order valence-electron chi connectivity index (χ1n) is 6.39. The lowest BCUT2D eigenvalue weighted by Crippen LogP contribution is -1.87. The largest absolute Gasteiger partial charge is 0.508 e. The Kier molecular flexibility index (Phi) is 5.13. The van der Waals surface area contributed by atoms with E-state index in [9.17, 15) is 5.11 Å². The molecule has 0 aromatic heterocycles. The molecule has 2 aromatic rings. The van der Waals surface area contributed by atoms with Crippen LogP contribution >= 0.6 is 11.8 Å². The molecule has 0 bridgehead atoms. The predicted octanol–water partition coefficient (Wildman–Crippen LogP) is 4.38. The molecule has 2 nitrogen and oxygen atoms in total. The van der Waals surface area contributed by atoms with Crippen LogP contribution in [0.15, 0.2) is 53.4 Å². The number of thioether (sulfide) groups is 1. The molecule has 0 aliphatic carbocycles. The van der Waals surface area contributed by atoms with Gasteiger partial charge in [0.05, 0.1) is 7.11 Å². The summed E-state index contributed by atoms with van der Waals surface area (Å²) in [4.78, 5) is 1.26. The molecular formula is C17H18O2S. The van der Waals surface area contributed by atoms with Crippen molar-refractivity contribution in [1.82, 2.24) is 0 Å². The van der Waals surface area contributed by atoms with Crippen LogP contribution in [0.5, 0.6) is 11.5 Å². The number of phenols is 1. The number of phenolic OH excluding ortho intramolecular Hbond substituents is 1. The minimum Gasteiger partial charge on any atom is -0.508 e. The summed E-state index contributed by atoms with van der Waals surface area (Å²) in [6.07, 6.45) is 6.84. The van der Waals surface area contributed by atoms with E-state index in [1.807, 2.05) is 12.1 Å². The zero-order valence-corrected chi connectivity index (χ0v) is 12.5. The maximum absolute atomic E-state index is 9.80. The summed E-state index contributed by atoms with van der Waals surface area (Å²) in [7, 11) is 1.62. The zero-order chi connectivity index (χ0) is 14.4. The molecule has 0 radical (unpaired) electrons. The van der Waals surface area contributed by atoms with Crippen molar-refractivity contribution in [2.45, 2.75) is 11.3 Å². The second kappa shape index (κ2) is 7.06. The van der Waals surface area contributed by atoms with Gasteiger partial charge in [-0.3, -0.25) is 0 Å². The minimum atomic E-state index is 0.299. The summed E-state index contributed by atoms with van der Waals surface area (Å²) in [5.74, 6) is 1.06. The fourth-order valence-electron chi connectivity index (χ4n) is 1.89. The van der Waals surface area contributed by atoms with Gasteiger partial charge in [0.15, 0.2) is 0 Å². The van der Waals surface area contributed by atoms with Crippen molar-refractivity contribution in [3.8, 4) is 11.5 Å². The van der Waals surface area contributed by atoms with E-state index in [0.717, 1.165) is 16.9 Å². The predicted molar refractivity (Wildman–Crippen MR) is 85.6 cm³/mol. The molecule has 0 unspecified atom stereocenters. The molecular weight excluding hydrogens is 268 g/mol. The molecule has 0 spiro atoms. The summed E-state index contributed by atoms with van der Waals surface area (Å²) >= 11 is 1.73. The normalized spacial score (nSPS) is 10.9. The van der Waals surface area contributed by atoms with E-state index in [1.165, 1.54) is 4.90 Å². The lowest BCUT2D eigenvalue weighted by molar-refractivity contribution is 0.411. The van der Waals surface area contributed by atoms with Gasteiger partial charge in [-0.1, -0.05) is 24.3 Å². The number of methoxy groups -OCH3 is 1. The molecule has 0 saturated heterocycles. The van der Waals surface area contributed by atoms with Crippen LogP contribution in [0.3, 0.4) is 0 Å². The molecule has 2 rings (SSSR count). The smallest absolute Gasteiger partial charge is 0.119 e. The SMILES string of the molecule is COc1ccc(O)c(C/C=C/c2ccc(SC)cc2)c1. The molecule has 2 aromatic carbocycles. The maximum atomic E-state index is 9.80. The summed E-state index contributed by atoms with van der Waals surface area (Å²) in [5, 5.41) is 9.80. The van der Waals surface area contributed by atoms with Crippen LogP contribution in [0.25, 0.3) is 6.08 Å². The average Bonchev–Trinajstić information content (AvgIpc) is 2.50. The number of rotatable bonds is 5. The molecule has 1 N–H and O–H groups in total. The van der Waals surface area contributed by atoms with Gasteiger partial charge in [0.2, 0.25) is 0 Å². The lowest BCUT2D eigenvalue weighted by Gasteiger charge is -2.05.